The molecule has 6 rings (SSSR count). The molecular formula is C23H25ClN2O2. The first-order chi connectivity index (χ1) is 13.6. The van der Waals surface area contributed by atoms with E-state index in [1.165, 1.54) is 18.4 Å². The smallest absolute Gasteiger partial charge is 0.408 e. The van der Waals surface area contributed by atoms with Crippen molar-refractivity contribution in [1.29, 1.82) is 0 Å². The Morgan fingerprint density at radius 2 is 1.71 bits per heavy atom. The minimum atomic E-state index is -0.831. The van der Waals surface area contributed by atoms with Gasteiger partial charge < -0.3 is 5.11 Å². The van der Waals surface area contributed by atoms with Crippen LogP contribution in [0.5, 0.6) is 0 Å². The maximum Gasteiger partial charge on any atom is 0.408 e. The molecule has 28 heavy (non-hydrogen) atoms. The number of fused-ring (bicyclic) bond motifs is 4. The standard InChI is InChI=1S/C23H25ClN2O2/c24-18-7-5-16(6-8-18)22-19-4-2-1-3-17(19)14-21(26(22)23(27)28)20-13-15-9-11-25(20)12-10-15/h1-8,15,20-22H,9-14H2,(H,27,28). The number of halogens is 1. The molecule has 146 valence electrons. The summed E-state index contributed by atoms with van der Waals surface area (Å²) < 4.78 is 0. The van der Waals surface area contributed by atoms with Gasteiger partial charge in [0.15, 0.2) is 0 Å². The topological polar surface area (TPSA) is 43.8 Å². The van der Waals surface area contributed by atoms with Gasteiger partial charge in [0.1, 0.15) is 0 Å². The van der Waals surface area contributed by atoms with E-state index in [0.29, 0.717) is 11.1 Å². The van der Waals surface area contributed by atoms with Crippen LogP contribution in [0, 0.1) is 5.92 Å². The Morgan fingerprint density at radius 3 is 2.36 bits per heavy atom. The van der Waals surface area contributed by atoms with Crippen LogP contribution in [0.4, 0.5) is 4.79 Å². The largest absolute Gasteiger partial charge is 0.465 e. The van der Waals surface area contributed by atoms with Crippen LogP contribution in [0.2, 0.25) is 5.02 Å². The molecule has 0 aromatic heterocycles. The zero-order valence-electron chi connectivity index (χ0n) is 15.8. The van der Waals surface area contributed by atoms with E-state index in [9.17, 15) is 9.90 Å². The number of carbonyl (C=O) groups is 1. The highest BCUT2D eigenvalue weighted by molar-refractivity contribution is 6.30. The molecule has 2 bridgehead atoms. The van der Waals surface area contributed by atoms with Crippen LogP contribution in [0.3, 0.4) is 0 Å². The van der Waals surface area contributed by atoms with Gasteiger partial charge in [-0.15, -0.1) is 0 Å². The molecule has 0 radical (unpaired) electrons. The monoisotopic (exact) mass is 396 g/mol. The van der Waals surface area contributed by atoms with Crippen LogP contribution in [-0.4, -0.2) is 46.2 Å². The van der Waals surface area contributed by atoms with Gasteiger partial charge in [-0.3, -0.25) is 9.80 Å². The van der Waals surface area contributed by atoms with Gasteiger partial charge in [-0.05, 0) is 73.5 Å². The van der Waals surface area contributed by atoms with Crippen LogP contribution in [0.1, 0.15) is 42.0 Å². The van der Waals surface area contributed by atoms with Crippen LogP contribution < -0.4 is 0 Å². The van der Waals surface area contributed by atoms with E-state index in [4.69, 9.17) is 11.6 Å². The van der Waals surface area contributed by atoms with Gasteiger partial charge >= 0.3 is 6.09 Å². The Hall–Kier alpha value is -2.04. The minimum Gasteiger partial charge on any atom is -0.465 e. The molecule has 5 heteroatoms. The molecule has 2 aromatic carbocycles. The van der Waals surface area contributed by atoms with Crippen LogP contribution in [0.25, 0.3) is 0 Å². The Morgan fingerprint density at radius 1 is 1.00 bits per heavy atom. The summed E-state index contributed by atoms with van der Waals surface area (Å²) in [5, 5.41) is 11.0. The van der Waals surface area contributed by atoms with E-state index in [0.717, 1.165) is 43.0 Å². The van der Waals surface area contributed by atoms with E-state index in [-0.39, 0.29) is 12.1 Å². The zero-order chi connectivity index (χ0) is 19.3. The SMILES string of the molecule is O=C(O)N1C(c2ccc(Cl)cc2)c2ccccc2CC1C1CC2CCN1CC2. The fourth-order valence-corrected chi connectivity index (χ4v) is 5.75. The summed E-state index contributed by atoms with van der Waals surface area (Å²) in [5.41, 5.74) is 3.35. The van der Waals surface area contributed by atoms with Gasteiger partial charge in [-0.2, -0.15) is 0 Å². The van der Waals surface area contributed by atoms with Crippen molar-refractivity contribution in [2.75, 3.05) is 13.1 Å². The lowest BCUT2D eigenvalue weighted by molar-refractivity contribution is -0.0134. The summed E-state index contributed by atoms with van der Waals surface area (Å²) >= 11 is 6.11. The van der Waals surface area contributed by atoms with Crippen LogP contribution >= 0.6 is 11.6 Å². The molecule has 3 atom stereocenters. The average Bonchev–Trinajstić information content (AvgIpc) is 2.73. The second-order valence-electron chi connectivity index (χ2n) is 8.40. The first-order valence-electron chi connectivity index (χ1n) is 10.2. The lowest BCUT2D eigenvalue weighted by atomic mass is 9.75. The van der Waals surface area contributed by atoms with Gasteiger partial charge in [-0.25, -0.2) is 4.79 Å². The molecule has 1 amide bonds. The molecular weight excluding hydrogens is 372 g/mol. The third-order valence-electron chi connectivity index (χ3n) is 6.96. The minimum absolute atomic E-state index is 0.0174. The second-order valence-corrected chi connectivity index (χ2v) is 8.83. The molecule has 4 aliphatic rings. The Labute approximate surface area is 170 Å². The van der Waals surface area contributed by atoms with Crippen LogP contribution in [0.15, 0.2) is 48.5 Å². The number of carboxylic acid groups (broad SMARTS) is 1. The van der Waals surface area contributed by atoms with E-state index >= 15 is 0 Å². The lowest BCUT2D eigenvalue weighted by Gasteiger charge is -2.53. The quantitative estimate of drug-likeness (QED) is 0.791. The van der Waals surface area contributed by atoms with Crippen molar-refractivity contribution in [3.8, 4) is 0 Å². The van der Waals surface area contributed by atoms with Crippen LogP contribution in [-0.2, 0) is 6.42 Å². The number of rotatable bonds is 2. The molecule has 0 aliphatic carbocycles. The molecule has 4 nitrogen and oxygen atoms in total. The van der Waals surface area contributed by atoms with Crippen molar-refractivity contribution < 1.29 is 9.90 Å². The Kier molecular flexibility index (Phi) is 4.56. The highest BCUT2D eigenvalue weighted by Crippen LogP contribution is 2.43. The van der Waals surface area contributed by atoms with E-state index < -0.39 is 6.09 Å². The van der Waals surface area contributed by atoms with E-state index in [1.54, 1.807) is 4.90 Å². The maximum atomic E-state index is 12.6. The van der Waals surface area contributed by atoms with Crippen molar-refractivity contribution in [1.82, 2.24) is 9.80 Å². The Bertz CT molecular complexity index is 876. The predicted octanol–water partition coefficient (Wildman–Crippen LogP) is 4.82. The highest BCUT2D eigenvalue weighted by Gasteiger charge is 2.46. The van der Waals surface area contributed by atoms with Crippen molar-refractivity contribution >= 4 is 17.7 Å². The fraction of sp³-hybridized carbons (Fsp3) is 0.435. The number of amides is 1. The first kappa shape index (κ1) is 18.0. The Balaban J connectivity index is 1.61. The molecule has 0 saturated carbocycles. The molecule has 3 unspecified atom stereocenters. The van der Waals surface area contributed by atoms with Crippen molar-refractivity contribution in [3.05, 3.63) is 70.2 Å². The summed E-state index contributed by atoms with van der Waals surface area (Å²) in [5.74, 6) is 0.747. The van der Waals surface area contributed by atoms with Gasteiger partial charge in [0, 0.05) is 11.1 Å². The lowest BCUT2D eigenvalue weighted by Crippen LogP contribution is -2.61. The van der Waals surface area contributed by atoms with Crippen molar-refractivity contribution in [2.24, 2.45) is 5.92 Å². The normalized spacial score (nSPS) is 31.5. The number of piperidine rings is 3. The molecule has 2 aromatic rings. The second kappa shape index (κ2) is 7.09. The number of benzene rings is 2. The van der Waals surface area contributed by atoms with Crippen molar-refractivity contribution in [2.45, 2.75) is 43.8 Å². The van der Waals surface area contributed by atoms with E-state index in [2.05, 4.69) is 23.1 Å². The highest BCUT2D eigenvalue weighted by atomic mass is 35.5. The average molecular weight is 397 g/mol. The van der Waals surface area contributed by atoms with E-state index in [1.807, 2.05) is 30.3 Å². The van der Waals surface area contributed by atoms with Gasteiger partial charge in [-0.1, -0.05) is 48.0 Å². The fourth-order valence-electron chi connectivity index (χ4n) is 5.62. The van der Waals surface area contributed by atoms with Gasteiger partial charge in [0.2, 0.25) is 0 Å². The summed E-state index contributed by atoms with van der Waals surface area (Å²) in [6, 6.07) is 16.0. The summed E-state index contributed by atoms with van der Waals surface area (Å²) in [6.07, 6.45) is 3.59. The first-order valence-corrected chi connectivity index (χ1v) is 10.6. The molecule has 4 heterocycles. The van der Waals surface area contributed by atoms with Crippen molar-refractivity contribution in [3.63, 3.8) is 0 Å². The number of hydrogen-bond acceptors (Lipinski definition) is 2. The number of nitrogens with zero attached hydrogens (tertiary/aromatic N) is 2. The summed E-state index contributed by atoms with van der Waals surface area (Å²) in [4.78, 5) is 16.8. The van der Waals surface area contributed by atoms with Gasteiger partial charge in [0.05, 0.1) is 12.1 Å². The molecule has 3 fully saturated rings. The summed E-state index contributed by atoms with van der Waals surface area (Å²) in [6.45, 7) is 2.21. The summed E-state index contributed by atoms with van der Waals surface area (Å²) in [7, 11) is 0. The third kappa shape index (κ3) is 2.99. The molecule has 1 N–H and O–H groups in total. The number of hydrogen-bond donors (Lipinski definition) is 1. The molecule has 3 saturated heterocycles. The molecule has 4 aliphatic heterocycles. The zero-order valence-corrected chi connectivity index (χ0v) is 16.6. The maximum absolute atomic E-state index is 12.6. The predicted molar refractivity (Wildman–Crippen MR) is 110 cm³/mol. The molecule has 0 spiro atoms. The third-order valence-corrected chi connectivity index (χ3v) is 7.21. The van der Waals surface area contributed by atoms with Gasteiger partial charge in [0.25, 0.3) is 0 Å².